The number of benzene rings is 3. The standard InChI is InChI=1S/C26H23F2N3O4/c1-14(29)24(33)31(26(35)23(32)15-11-16(27)13-17(28)12-15)22-20-9-4-3-7-18(20)19-8-5-6-10-21(19)30(2)25(22)34/h3-14,22-23,32H,29H2,1-2H3/t14-,22-,23-/m0/s1. The Balaban J connectivity index is 1.90. The molecular weight excluding hydrogens is 456 g/mol. The fourth-order valence-electron chi connectivity index (χ4n) is 4.25. The van der Waals surface area contributed by atoms with E-state index in [1.54, 1.807) is 42.5 Å². The van der Waals surface area contributed by atoms with Gasteiger partial charge < -0.3 is 15.7 Å². The van der Waals surface area contributed by atoms with Crippen LogP contribution in [0.5, 0.6) is 0 Å². The Kier molecular flexibility index (Phi) is 6.47. The zero-order valence-corrected chi connectivity index (χ0v) is 19.0. The van der Waals surface area contributed by atoms with E-state index in [0.717, 1.165) is 12.1 Å². The van der Waals surface area contributed by atoms with Crippen LogP contribution in [0.4, 0.5) is 14.5 Å². The van der Waals surface area contributed by atoms with Crippen molar-refractivity contribution < 1.29 is 28.3 Å². The van der Waals surface area contributed by atoms with Gasteiger partial charge in [-0.05, 0) is 41.8 Å². The minimum absolute atomic E-state index is 0.342. The third-order valence-corrected chi connectivity index (χ3v) is 5.93. The molecule has 35 heavy (non-hydrogen) atoms. The van der Waals surface area contributed by atoms with E-state index in [0.29, 0.717) is 33.3 Å². The van der Waals surface area contributed by atoms with E-state index in [1.165, 1.54) is 18.9 Å². The number of para-hydroxylation sites is 1. The van der Waals surface area contributed by atoms with Crippen molar-refractivity contribution in [1.29, 1.82) is 0 Å². The van der Waals surface area contributed by atoms with E-state index in [1.807, 2.05) is 6.07 Å². The van der Waals surface area contributed by atoms with Crippen molar-refractivity contribution in [3.8, 4) is 11.1 Å². The van der Waals surface area contributed by atoms with Gasteiger partial charge in [0.05, 0.1) is 11.7 Å². The summed E-state index contributed by atoms with van der Waals surface area (Å²) in [5.74, 6) is -4.81. The van der Waals surface area contributed by atoms with Gasteiger partial charge in [-0.1, -0.05) is 42.5 Å². The average Bonchev–Trinajstić information content (AvgIpc) is 2.92. The smallest absolute Gasteiger partial charge is 0.263 e. The number of nitrogens with two attached hydrogens (primary N) is 1. The number of nitrogens with zero attached hydrogens (tertiary/aromatic N) is 2. The Morgan fingerprint density at radius 1 is 0.971 bits per heavy atom. The molecule has 1 aliphatic heterocycles. The number of anilines is 1. The summed E-state index contributed by atoms with van der Waals surface area (Å²) in [5.41, 5.74) is 7.63. The highest BCUT2D eigenvalue weighted by Crippen LogP contribution is 2.42. The molecule has 180 valence electrons. The van der Waals surface area contributed by atoms with Crippen LogP contribution in [0.25, 0.3) is 11.1 Å². The number of aliphatic hydroxyl groups excluding tert-OH is 1. The first-order valence-corrected chi connectivity index (χ1v) is 10.8. The first kappa shape index (κ1) is 24.2. The number of hydrogen-bond donors (Lipinski definition) is 2. The monoisotopic (exact) mass is 479 g/mol. The Hall–Kier alpha value is -3.95. The van der Waals surface area contributed by atoms with Gasteiger partial charge in [-0.25, -0.2) is 8.78 Å². The maximum atomic E-state index is 13.8. The number of amides is 3. The Morgan fingerprint density at radius 2 is 1.54 bits per heavy atom. The quantitative estimate of drug-likeness (QED) is 0.599. The molecule has 3 amide bonds. The van der Waals surface area contributed by atoms with Crippen molar-refractivity contribution in [2.24, 2.45) is 5.73 Å². The summed E-state index contributed by atoms with van der Waals surface area (Å²) in [5, 5.41) is 10.8. The van der Waals surface area contributed by atoms with Crippen molar-refractivity contribution in [3.63, 3.8) is 0 Å². The number of carbonyl (C=O) groups excluding carboxylic acids is 3. The van der Waals surface area contributed by atoms with Gasteiger partial charge in [-0.15, -0.1) is 0 Å². The molecule has 0 saturated carbocycles. The summed E-state index contributed by atoms with van der Waals surface area (Å²) < 4.78 is 27.6. The highest BCUT2D eigenvalue weighted by atomic mass is 19.1. The molecule has 0 unspecified atom stereocenters. The molecule has 0 aromatic heterocycles. The van der Waals surface area contributed by atoms with Gasteiger partial charge >= 0.3 is 0 Å². The first-order chi connectivity index (χ1) is 16.6. The minimum Gasteiger partial charge on any atom is -0.378 e. The lowest BCUT2D eigenvalue weighted by Gasteiger charge is -2.33. The van der Waals surface area contributed by atoms with Crippen molar-refractivity contribution in [3.05, 3.63) is 89.5 Å². The van der Waals surface area contributed by atoms with Crippen molar-refractivity contribution >= 4 is 23.4 Å². The van der Waals surface area contributed by atoms with Gasteiger partial charge in [0, 0.05) is 18.7 Å². The fourth-order valence-corrected chi connectivity index (χ4v) is 4.25. The third kappa shape index (κ3) is 4.31. The van der Waals surface area contributed by atoms with Crippen LogP contribution in [0.1, 0.15) is 30.2 Å². The second-order valence-corrected chi connectivity index (χ2v) is 8.34. The molecule has 3 aromatic carbocycles. The molecule has 3 N–H and O–H groups in total. The summed E-state index contributed by atoms with van der Waals surface area (Å²) in [6.07, 6.45) is -2.13. The predicted octanol–water partition coefficient (Wildman–Crippen LogP) is 3.09. The lowest BCUT2D eigenvalue weighted by molar-refractivity contribution is -0.157. The Bertz CT molecular complexity index is 1310. The molecular formula is C26H23F2N3O4. The molecule has 0 fully saturated rings. The average molecular weight is 479 g/mol. The van der Waals surface area contributed by atoms with Crippen LogP contribution in [0.3, 0.4) is 0 Å². The molecule has 1 heterocycles. The maximum Gasteiger partial charge on any atom is 0.263 e. The fraction of sp³-hybridized carbons (Fsp3) is 0.192. The highest BCUT2D eigenvalue weighted by molar-refractivity contribution is 6.10. The van der Waals surface area contributed by atoms with Crippen LogP contribution in [0.2, 0.25) is 0 Å². The predicted molar refractivity (Wildman–Crippen MR) is 125 cm³/mol. The van der Waals surface area contributed by atoms with Crippen LogP contribution < -0.4 is 10.6 Å². The van der Waals surface area contributed by atoms with Gasteiger partial charge in [-0.2, -0.15) is 0 Å². The van der Waals surface area contributed by atoms with Crippen LogP contribution in [-0.4, -0.2) is 40.8 Å². The second kappa shape index (κ2) is 9.36. The molecule has 0 aliphatic carbocycles. The zero-order valence-electron chi connectivity index (χ0n) is 19.0. The number of hydrogen-bond acceptors (Lipinski definition) is 5. The highest BCUT2D eigenvalue weighted by Gasteiger charge is 2.44. The van der Waals surface area contributed by atoms with Crippen molar-refractivity contribution in [2.45, 2.75) is 25.1 Å². The van der Waals surface area contributed by atoms with Crippen molar-refractivity contribution in [1.82, 2.24) is 4.90 Å². The molecule has 1 aliphatic rings. The number of fused-ring (bicyclic) bond motifs is 3. The number of likely N-dealkylation sites (N-methyl/N-ethyl adjacent to an activating group) is 1. The number of rotatable bonds is 4. The van der Waals surface area contributed by atoms with Gasteiger partial charge in [0.1, 0.15) is 17.7 Å². The molecule has 0 spiro atoms. The molecule has 3 aromatic rings. The van der Waals surface area contributed by atoms with Crippen LogP contribution in [0, 0.1) is 11.6 Å². The van der Waals surface area contributed by atoms with E-state index < -0.39 is 53.1 Å². The lowest BCUT2D eigenvalue weighted by atomic mass is 9.93. The number of imide groups is 1. The molecule has 3 atom stereocenters. The van der Waals surface area contributed by atoms with Crippen LogP contribution >= 0.6 is 0 Å². The lowest BCUT2D eigenvalue weighted by Crippen LogP contribution is -2.53. The molecule has 9 heteroatoms. The minimum atomic E-state index is -2.13. The zero-order chi connectivity index (χ0) is 25.4. The normalized spacial score (nSPS) is 16.6. The van der Waals surface area contributed by atoms with E-state index in [-0.39, 0.29) is 0 Å². The summed E-state index contributed by atoms with van der Waals surface area (Å²) in [6, 6.07) is 13.3. The van der Waals surface area contributed by atoms with Gasteiger partial charge in [0.2, 0.25) is 5.91 Å². The SMILES string of the molecule is C[C@H](N)C(=O)N(C(=O)[C@@H](O)c1cc(F)cc(F)c1)[C@@H]1C(=O)N(C)c2ccccc2-c2ccccc21. The van der Waals surface area contributed by atoms with Gasteiger partial charge in [0.25, 0.3) is 11.8 Å². The van der Waals surface area contributed by atoms with Crippen molar-refractivity contribution in [2.75, 3.05) is 11.9 Å². The summed E-state index contributed by atoms with van der Waals surface area (Å²) in [7, 11) is 1.51. The number of aliphatic hydroxyl groups is 1. The second-order valence-electron chi connectivity index (χ2n) is 8.34. The third-order valence-electron chi connectivity index (χ3n) is 5.93. The molecule has 7 nitrogen and oxygen atoms in total. The Morgan fingerprint density at radius 3 is 2.17 bits per heavy atom. The Labute approximate surface area is 200 Å². The maximum absolute atomic E-state index is 13.8. The van der Waals surface area contributed by atoms with E-state index >= 15 is 0 Å². The summed E-state index contributed by atoms with van der Waals surface area (Å²) in [4.78, 5) is 42.5. The van der Waals surface area contributed by atoms with Gasteiger partial charge in [0.15, 0.2) is 6.10 Å². The van der Waals surface area contributed by atoms with E-state index in [4.69, 9.17) is 5.73 Å². The van der Waals surface area contributed by atoms with Gasteiger partial charge in [-0.3, -0.25) is 19.3 Å². The number of halogens is 2. The van der Waals surface area contributed by atoms with Crippen LogP contribution in [0.15, 0.2) is 66.7 Å². The summed E-state index contributed by atoms with van der Waals surface area (Å²) in [6.45, 7) is 1.34. The van der Waals surface area contributed by atoms with E-state index in [2.05, 4.69) is 0 Å². The largest absolute Gasteiger partial charge is 0.378 e. The van der Waals surface area contributed by atoms with E-state index in [9.17, 15) is 28.3 Å². The summed E-state index contributed by atoms with van der Waals surface area (Å²) >= 11 is 0. The number of carbonyl (C=O) groups is 3. The topological polar surface area (TPSA) is 104 Å². The van der Waals surface area contributed by atoms with Crippen LogP contribution in [-0.2, 0) is 14.4 Å². The molecule has 0 saturated heterocycles. The molecule has 4 rings (SSSR count). The first-order valence-electron chi connectivity index (χ1n) is 10.8. The molecule has 0 radical (unpaired) electrons. The molecule has 0 bridgehead atoms.